The maximum absolute atomic E-state index is 5.77. The smallest absolute Gasteiger partial charge is 0.134 e. The Bertz CT molecular complexity index is 6270. The van der Waals surface area contributed by atoms with Gasteiger partial charge < -0.3 is 23.6 Å². The topological polar surface area (TPSA) is 44.1 Å². The number of rotatable bonds is 8. The van der Waals surface area contributed by atoms with Crippen molar-refractivity contribution < 1.29 is 0 Å². The number of amidine groups is 1. The second-order valence-corrected chi connectivity index (χ2v) is 27.9. The maximum Gasteiger partial charge on any atom is 0.134 e. The first kappa shape index (κ1) is 55.7. The van der Waals surface area contributed by atoms with Crippen LogP contribution in [0.15, 0.2) is 333 Å². The van der Waals surface area contributed by atoms with Gasteiger partial charge in [0, 0.05) is 82.9 Å². The van der Waals surface area contributed by atoms with E-state index in [1.165, 1.54) is 120 Å². The normalized spacial score (nSPS) is 16.2. The van der Waals surface area contributed by atoms with E-state index in [9.17, 15) is 0 Å². The fourth-order valence-electron chi connectivity index (χ4n) is 17.7. The highest BCUT2D eigenvalue weighted by molar-refractivity contribution is 6.16. The van der Waals surface area contributed by atoms with Gasteiger partial charge in [0.1, 0.15) is 5.84 Å². The number of nitrogens with zero attached hydrogens (tertiary/aromatic N) is 5. The molecule has 99 heavy (non-hydrogen) atoms. The van der Waals surface area contributed by atoms with Crippen molar-refractivity contribution in [2.45, 2.75) is 31.2 Å². The van der Waals surface area contributed by atoms with E-state index in [1.807, 2.05) is 0 Å². The van der Waals surface area contributed by atoms with E-state index < -0.39 is 0 Å². The number of aromatic nitrogens is 4. The van der Waals surface area contributed by atoms with Crippen molar-refractivity contribution in [2.24, 2.45) is 10.9 Å². The molecular formula is C93H64N6. The number of aliphatic imine (C=N–C) groups is 1. The molecule has 0 spiro atoms. The van der Waals surface area contributed by atoms with E-state index in [0.29, 0.717) is 11.8 Å². The summed E-state index contributed by atoms with van der Waals surface area (Å²) in [6.45, 7) is 4.87. The summed E-state index contributed by atoms with van der Waals surface area (Å²) >= 11 is 0. The molecule has 3 unspecified atom stereocenters. The van der Waals surface area contributed by atoms with Crippen LogP contribution in [-0.2, 0) is 5.41 Å². The predicted molar refractivity (Wildman–Crippen MR) is 414 cm³/mol. The summed E-state index contributed by atoms with van der Waals surface area (Å²) in [6, 6.07) is 113. The molecular weight excluding hydrogens is 1200 g/mol. The largest absolute Gasteiger partial charge is 0.359 e. The lowest BCUT2D eigenvalue weighted by molar-refractivity contribution is 0.394. The van der Waals surface area contributed by atoms with Gasteiger partial charge in [-0.2, -0.15) is 0 Å². The van der Waals surface area contributed by atoms with Gasteiger partial charge in [-0.05, 0) is 182 Å². The van der Waals surface area contributed by atoms with Gasteiger partial charge >= 0.3 is 0 Å². The van der Waals surface area contributed by atoms with Crippen LogP contribution in [0.2, 0.25) is 0 Å². The summed E-state index contributed by atoms with van der Waals surface area (Å²) in [5.41, 5.74) is 25.5. The molecule has 1 N–H and O–H groups in total. The van der Waals surface area contributed by atoms with E-state index in [0.717, 1.165) is 61.9 Å². The number of hydrogen-bond acceptors (Lipinski definition) is 2. The summed E-state index contributed by atoms with van der Waals surface area (Å²) < 4.78 is 9.76. The van der Waals surface area contributed by atoms with Crippen molar-refractivity contribution in [1.82, 2.24) is 23.6 Å². The van der Waals surface area contributed by atoms with Gasteiger partial charge in [-0.15, -0.1) is 0 Å². The molecule has 14 aromatic carbocycles. The Balaban J connectivity index is 0.766. The number of hydrogen-bond donors (Lipinski definition) is 1. The Labute approximate surface area is 572 Å². The van der Waals surface area contributed by atoms with Crippen LogP contribution < -0.4 is 5.32 Å². The van der Waals surface area contributed by atoms with Crippen molar-refractivity contribution in [3.63, 3.8) is 0 Å². The van der Waals surface area contributed by atoms with Gasteiger partial charge in [0.25, 0.3) is 0 Å². The van der Waals surface area contributed by atoms with Gasteiger partial charge in [0.05, 0.1) is 55.9 Å². The summed E-state index contributed by atoms with van der Waals surface area (Å²) in [5, 5.41) is 16.3. The van der Waals surface area contributed by atoms with Crippen molar-refractivity contribution in [3.05, 3.63) is 355 Å². The molecule has 18 aromatic rings. The summed E-state index contributed by atoms with van der Waals surface area (Å²) in [4.78, 5) is 5.77. The first-order valence-corrected chi connectivity index (χ1v) is 34.6. The number of nitrogens with one attached hydrogen (secondary N) is 1. The minimum atomic E-state index is -0.206. The average molecular weight is 1270 g/mol. The molecule has 0 fully saturated rings. The van der Waals surface area contributed by atoms with E-state index >= 15 is 0 Å². The zero-order chi connectivity index (χ0) is 65.2. The quantitative estimate of drug-likeness (QED) is 0.162. The second-order valence-electron chi connectivity index (χ2n) is 27.9. The van der Waals surface area contributed by atoms with Crippen LogP contribution in [0.3, 0.4) is 0 Å². The van der Waals surface area contributed by atoms with Crippen LogP contribution in [0.25, 0.3) is 143 Å². The molecule has 1 aliphatic heterocycles. The Morgan fingerprint density at radius 1 is 0.323 bits per heavy atom. The van der Waals surface area contributed by atoms with Crippen molar-refractivity contribution in [1.29, 1.82) is 0 Å². The van der Waals surface area contributed by atoms with Gasteiger partial charge in [0.2, 0.25) is 0 Å². The third-order valence-electron chi connectivity index (χ3n) is 22.3. The van der Waals surface area contributed by atoms with E-state index in [4.69, 9.17) is 4.99 Å². The van der Waals surface area contributed by atoms with Crippen LogP contribution in [0.5, 0.6) is 0 Å². The van der Waals surface area contributed by atoms with Gasteiger partial charge in [-0.3, -0.25) is 0 Å². The molecule has 6 heteroatoms. The van der Waals surface area contributed by atoms with Crippen molar-refractivity contribution >= 4 is 110 Å². The zero-order valence-corrected chi connectivity index (χ0v) is 54.6. The Morgan fingerprint density at radius 2 is 0.737 bits per heavy atom. The van der Waals surface area contributed by atoms with Gasteiger partial charge in [-0.1, -0.05) is 220 Å². The maximum atomic E-state index is 5.77. The second kappa shape index (κ2) is 21.2. The third-order valence-corrected chi connectivity index (χ3v) is 22.3. The van der Waals surface area contributed by atoms with E-state index in [1.54, 1.807) is 0 Å². The molecule has 2 aliphatic carbocycles. The van der Waals surface area contributed by atoms with E-state index in [-0.39, 0.29) is 11.5 Å². The molecule has 0 saturated heterocycles. The molecule has 6 nitrogen and oxygen atoms in total. The third kappa shape index (κ3) is 8.33. The average Bonchev–Trinajstić information content (AvgIpc) is 1.71. The molecule has 0 radical (unpaired) electrons. The lowest BCUT2D eigenvalue weighted by Gasteiger charge is -2.31. The van der Waals surface area contributed by atoms with Crippen LogP contribution >= 0.6 is 0 Å². The summed E-state index contributed by atoms with van der Waals surface area (Å²) in [6.07, 6.45) is 9.29. The molecule has 21 rings (SSSR count). The van der Waals surface area contributed by atoms with Crippen molar-refractivity contribution in [2.75, 3.05) is 0 Å². The van der Waals surface area contributed by atoms with Crippen LogP contribution in [0, 0.1) is 5.92 Å². The van der Waals surface area contributed by atoms with E-state index in [2.05, 4.69) is 365 Å². The molecule has 3 aliphatic rings. The number of fused-ring (bicyclic) bond motifs is 18. The molecule has 0 amide bonds. The SMILES string of the molecule is CC1(C)c2cc(C3NC(c4cc(-n5c6ccccc6c6cc(-c7ccc8c(c7)c7ccccc7n8-c7ccccc7)ccc65)cc(-n5c6ccccc6c6cc(-c7ccc8c(c7)c7ccccc7n8-c7ccccc7)ccc65)c4)=Nc4ccc5ccccc5c43)ccc2C2C=CC=CC21. The number of allylic oxidation sites excluding steroid dienone is 4. The Hall–Kier alpha value is -12.5. The van der Waals surface area contributed by atoms with Crippen LogP contribution in [-0.4, -0.2) is 24.1 Å². The summed E-state index contributed by atoms with van der Waals surface area (Å²) in [7, 11) is 0. The highest BCUT2D eigenvalue weighted by atomic mass is 15.1. The standard InChI is InChI=1S/C93H64N6/c1-93(2)79-32-16-11-27-69(79)70-43-37-62(55-80(70)93)91-90-68-26-10-9-21-57(68)38-44-81(90)94-92(95-91)63-49-66(98-84-35-19-14-30-73(84)77-53-60(41-47-88(77)98)58-39-45-86-75(51-58)71-28-12-17-33-82(71)96(86)64-22-5-3-6-23-64)56-67(50-63)99-85-36-20-15-31-74(85)78-54-61(42-48-89(78)99)59-40-46-87-76(52-59)72-29-13-18-34-83(72)97(87)65-24-7-4-8-25-65/h3-56,69,79,91H,1-2H3,(H,94,95). The minimum Gasteiger partial charge on any atom is -0.359 e. The Morgan fingerprint density at radius 3 is 1.22 bits per heavy atom. The molecule has 466 valence electrons. The molecule has 0 bridgehead atoms. The highest BCUT2D eigenvalue weighted by Crippen LogP contribution is 2.54. The fourth-order valence-corrected chi connectivity index (χ4v) is 17.7. The van der Waals surface area contributed by atoms with Gasteiger partial charge in [-0.25, -0.2) is 4.99 Å². The molecule has 5 heterocycles. The van der Waals surface area contributed by atoms with Gasteiger partial charge in [0.15, 0.2) is 0 Å². The Kier molecular flexibility index (Phi) is 12.0. The number of benzene rings is 14. The minimum absolute atomic E-state index is 0.0600. The summed E-state index contributed by atoms with van der Waals surface area (Å²) in [5.74, 6) is 1.57. The monoisotopic (exact) mass is 1260 g/mol. The highest BCUT2D eigenvalue weighted by Gasteiger charge is 2.45. The van der Waals surface area contributed by atoms with Crippen LogP contribution in [0.4, 0.5) is 5.69 Å². The molecule has 0 saturated carbocycles. The van der Waals surface area contributed by atoms with Crippen molar-refractivity contribution in [3.8, 4) is 45.0 Å². The predicted octanol–water partition coefficient (Wildman–Crippen LogP) is 23.5. The van der Waals surface area contributed by atoms with Crippen LogP contribution in [0.1, 0.15) is 53.6 Å². The first-order valence-electron chi connectivity index (χ1n) is 34.6. The first-order chi connectivity index (χ1) is 48.8. The lowest BCUT2D eigenvalue weighted by Crippen LogP contribution is -2.33. The lowest BCUT2D eigenvalue weighted by atomic mass is 9.74. The molecule has 4 aromatic heterocycles. The molecule has 3 atom stereocenters. The fraction of sp³-hybridized carbons (Fsp3) is 0.0645. The zero-order valence-electron chi connectivity index (χ0n) is 54.6. The number of para-hydroxylation sites is 6.